The van der Waals surface area contributed by atoms with Crippen LogP contribution >= 0.6 is 0 Å². The molecule has 0 atom stereocenters. The summed E-state index contributed by atoms with van der Waals surface area (Å²) in [5.74, 6) is 1.70. The number of anilines is 1. The van der Waals surface area contributed by atoms with Gasteiger partial charge in [0.2, 0.25) is 5.91 Å². The highest BCUT2D eigenvalue weighted by atomic mass is 16.4. The Morgan fingerprint density at radius 1 is 1.33 bits per heavy atom. The first-order valence-corrected chi connectivity index (χ1v) is 5.81. The number of hydrogen-bond donors (Lipinski definition) is 1. The van der Waals surface area contributed by atoms with Crippen LogP contribution in [0.25, 0.3) is 11.5 Å². The van der Waals surface area contributed by atoms with Crippen LogP contribution in [0, 0.1) is 13.8 Å². The van der Waals surface area contributed by atoms with Crippen LogP contribution in [0.4, 0.5) is 6.01 Å². The number of nitrogens with zero attached hydrogens (tertiary/aromatic N) is 2. The predicted molar refractivity (Wildman–Crippen MR) is 65.0 cm³/mol. The molecule has 0 saturated carbocycles. The van der Waals surface area contributed by atoms with Gasteiger partial charge in [0.15, 0.2) is 0 Å². The lowest BCUT2D eigenvalue weighted by atomic mass is 10.2. The third-order valence-corrected chi connectivity index (χ3v) is 2.42. The van der Waals surface area contributed by atoms with E-state index in [1.54, 1.807) is 0 Å². The zero-order chi connectivity index (χ0) is 13.1. The quantitative estimate of drug-likeness (QED) is 0.900. The number of carbonyl (C=O) groups is 1. The van der Waals surface area contributed by atoms with Crippen LogP contribution in [0.2, 0.25) is 0 Å². The second-order valence-corrected chi connectivity index (χ2v) is 4.04. The molecule has 1 amide bonds. The summed E-state index contributed by atoms with van der Waals surface area (Å²) in [7, 11) is 0. The lowest BCUT2D eigenvalue weighted by Gasteiger charge is -1.96. The van der Waals surface area contributed by atoms with E-state index in [0.29, 0.717) is 18.1 Å². The van der Waals surface area contributed by atoms with Crippen molar-refractivity contribution in [3.05, 3.63) is 17.6 Å². The zero-order valence-electron chi connectivity index (χ0n) is 10.6. The van der Waals surface area contributed by atoms with Crippen LogP contribution in [0.3, 0.4) is 0 Å². The normalized spacial score (nSPS) is 10.6. The van der Waals surface area contributed by atoms with Crippen molar-refractivity contribution in [2.24, 2.45) is 0 Å². The average molecular weight is 249 g/mol. The van der Waals surface area contributed by atoms with E-state index >= 15 is 0 Å². The van der Waals surface area contributed by atoms with Gasteiger partial charge in [-0.2, -0.15) is 0 Å². The van der Waals surface area contributed by atoms with E-state index in [1.807, 2.05) is 26.8 Å². The molecule has 2 aromatic heterocycles. The van der Waals surface area contributed by atoms with Gasteiger partial charge < -0.3 is 8.83 Å². The largest absolute Gasteiger partial charge is 0.466 e. The zero-order valence-corrected chi connectivity index (χ0v) is 10.6. The Morgan fingerprint density at radius 3 is 2.72 bits per heavy atom. The molecule has 0 spiro atoms. The van der Waals surface area contributed by atoms with E-state index in [4.69, 9.17) is 8.83 Å². The summed E-state index contributed by atoms with van der Waals surface area (Å²) in [4.78, 5) is 11.4. The maximum atomic E-state index is 11.4. The van der Waals surface area contributed by atoms with E-state index in [0.717, 1.165) is 17.7 Å². The number of furan rings is 1. The molecule has 0 radical (unpaired) electrons. The molecule has 0 aliphatic heterocycles. The maximum absolute atomic E-state index is 11.4. The maximum Gasteiger partial charge on any atom is 0.322 e. The second kappa shape index (κ2) is 5.03. The molecular weight excluding hydrogens is 234 g/mol. The van der Waals surface area contributed by atoms with Crippen molar-refractivity contribution in [1.82, 2.24) is 10.2 Å². The minimum atomic E-state index is -0.132. The van der Waals surface area contributed by atoms with Gasteiger partial charge in [-0.1, -0.05) is 12.0 Å². The minimum absolute atomic E-state index is 0.113. The lowest BCUT2D eigenvalue weighted by Crippen LogP contribution is -2.10. The van der Waals surface area contributed by atoms with Crippen LogP contribution in [-0.4, -0.2) is 16.1 Å². The van der Waals surface area contributed by atoms with Gasteiger partial charge in [-0.15, -0.1) is 5.10 Å². The summed E-state index contributed by atoms with van der Waals surface area (Å²) in [6, 6.07) is 1.93. The first kappa shape index (κ1) is 12.3. The molecular formula is C12H15N3O3. The smallest absolute Gasteiger partial charge is 0.322 e. The van der Waals surface area contributed by atoms with Gasteiger partial charge in [-0.25, -0.2) is 0 Å². The van der Waals surface area contributed by atoms with Gasteiger partial charge >= 0.3 is 6.01 Å². The molecule has 0 bridgehead atoms. The first-order valence-electron chi connectivity index (χ1n) is 5.81. The molecule has 18 heavy (non-hydrogen) atoms. The van der Waals surface area contributed by atoms with E-state index in [2.05, 4.69) is 15.5 Å². The number of aryl methyl sites for hydroxylation is 2. The summed E-state index contributed by atoms with van der Waals surface area (Å²) in [6.07, 6.45) is 1.20. The van der Waals surface area contributed by atoms with Gasteiger partial charge in [-0.05, 0) is 26.3 Å². The molecule has 0 aliphatic carbocycles. The number of amides is 1. The molecule has 2 rings (SSSR count). The van der Waals surface area contributed by atoms with Crippen LogP contribution in [-0.2, 0) is 4.79 Å². The molecule has 6 nitrogen and oxygen atoms in total. The molecule has 0 aromatic carbocycles. The Balaban J connectivity index is 2.15. The summed E-state index contributed by atoms with van der Waals surface area (Å²) >= 11 is 0. The first-order chi connectivity index (χ1) is 8.60. The Bertz CT molecular complexity index is 557. The molecule has 0 fully saturated rings. The molecule has 6 heteroatoms. The van der Waals surface area contributed by atoms with E-state index in [-0.39, 0.29) is 11.9 Å². The van der Waals surface area contributed by atoms with Crippen LogP contribution in [0.1, 0.15) is 31.3 Å². The van der Waals surface area contributed by atoms with Gasteiger partial charge in [0, 0.05) is 6.42 Å². The average Bonchev–Trinajstić information content (AvgIpc) is 2.85. The van der Waals surface area contributed by atoms with E-state index in [9.17, 15) is 4.79 Å². The van der Waals surface area contributed by atoms with Crippen molar-refractivity contribution in [2.75, 3.05) is 5.32 Å². The van der Waals surface area contributed by atoms with Crippen LogP contribution in [0.5, 0.6) is 0 Å². The fourth-order valence-corrected chi connectivity index (χ4v) is 1.63. The number of aromatic nitrogens is 2. The van der Waals surface area contributed by atoms with Gasteiger partial charge in [0.1, 0.15) is 11.5 Å². The molecule has 0 aliphatic rings. The topological polar surface area (TPSA) is 81.2 Å². The van der Waals surface area contributed by atoms with E-state index < -0.39 is 0 Å². The van der Waals surface area contributed by atoms with Gasteiger partial charge in [0.05, 0.1) is 5.56 Å². The highest BCUT2D eigenvalue weighted by Gasteiger charge is 2.15. The summed E-state index contributed by atoms with van der Waals surface area (Å²) < 4.78 is 10.7. The Kier molecular flexibility index (Phi) is 3.45. The third-order valence-electron chi connectivity index (χ3n) is 2.42. The summed E-state index contributed by atoms with van der Waals surface area (Å²) in [5, 5.41) is 10.2. The van der Waals surface area contributed by atoms with Crippen molar-refractivity contribution < 1.29 is 13.6 Å². The molecule has 96 valence electrons. The van der Waals surface area contributed by atoms with E-state index in [1.165, 1.54) is 0 Å². The Morgan fingerprint density at radius 2 is 2.11 bits per heavy atom. The molecule has 2 aromatic rings. The number of rotatable bonds is 4. The number of hydrogen-bond acceptors (Lipinski definition) is 5. The predicted octanol–water partition coefficient (Wildman–Crippen LogP) is 2.69. The highest BCUT2D eigenvalue weighted by molar-refractivity contribution is 5.88. The van der Waals surface area contributed by atoms with Crippen LogP contribution < -0.4 is 5.32 Å². The molecule has 1 N–H and O–H groups in total. The second-order valence-electron chi connectivity index (χ2n) is 4.04. The fourth-order valence-electron chi connectivity index (χ4n) is 1.63. The molecule has 0 unspecified atom stereocenters. The van der Waals surface area contributed by atoms with Crippen molar-refractivity contribution in [2.45, 2.75) is 33.6 Å². The Hall–Kier alpha value is -2.11. The van der Waals surface area contributed by atoms with Gasteiger partial charge in [-0.3, -0.25) is 10.1 Å². The summed E-state index contributed by atoms with van der Waals surface area (Å²) in [5.41, 5.74) is 0.746. The van der Waals surface area contributed by atoms with Crippen molar-refractivity contribution in [1.29, 1.82) is 0 Å². The fraction of sp³-hybridized carbons (Fsp3) is 0.417. The lowest BCUT2D eigenvalue weighted by molar-refractivity contribution is -0.116. The van der Waals surface area contributed by atoms with Crippen molar-refractivity contribution in [3.63, 3.8) is 0 Å². The number of nitrogens with one attached hydrogen (secondary N) is 1. The summed E-state index contributed by atoms with van der Waals surface area (Å²) in [6.45, 7) is 5.59. The monoisotopic (exact) mass is 249 g/mol. The van der Waals surface area contributed by atoms with Crippen LogP contribution in [0.15, 0.2) is 14.9 Å². The van der Waals surface area contributed by atoms with Crippen molar-refractivity contribution >= 4 is 11.9 Å². The third kappa shape index (κ3) is 2.58. The highest BCUT2D eigenvalue weighted by Crippen LogP contribution is 2.26. The standard InChI is InChI=1S/C12H15N3O3/c1-4-5-10(16)13-12-15-14-11(18-12)9-6-7(2)17-8(9)3/h6H,4-5H2,1-3H3,(H,13,15,16). The molecule has 0 saturated heterocycles. The van der Waals surface area contributed by atoms with Crippen molar-refractivity contribution in [3.8, 4) is 11.5 Å². The Labute approximate surface area is 104 Å². The number of carbonyl (C=O) groups excluding carboxylic acids is 1. The SMILES string of the molecule is CCCC(=O)Nc1nnc(-c2cc(C)oc2C)o1. The minimum Gasteiger partial charge on any atom is -0.466 e. The molecule has 2 heterocycles. The van der Waals surface area contributed by atoms with Gasteiger partial charge in [0.25, 0.3) is 5.89 Å².